The van der Waals surface area contributed by atoms with E-state index in [1.54, 1.807) is 0 Å². The zero-order valence-corrected chi connectivity index (χ0v) is 7.68. The van der Waals surface area contributed by atoms with Crippen LogP contribution in [0.4, 0.5) is 4.39 Å². The van der Waals surface area contributed by atoms with E-state index in [2.05, 4.69) is 10.1 Å². The Morgan fingerprint density at radius 2 is 2.31 bits per heavy atom. The van der Waals surface area contributed by atoms with E-state index >= 15 is 0 Å². The monoisotopic (exact) mass is 187 g/mol. The molecule has 4 heteroatoms. The number of ether oxygens (including phenoxy) is 1. The summed E-state index contributed by atoms with van der Waals surface area (Å²) in [7, 11) is 1.24. The lowest BCUT2D eigenvalue weighted by atomic mass is 9.89. The fraction of sp³-hybridized carbons (Fsp3) is 0.889. The van der Waals surface area contributed by atoms with Gasteiger partial charge in [0.1, 0.15) is 0 Å². The third kappa shape index (κ3) is 1.24. The number of carbonyl (C=O) groups excluding carboxylic acids is 1. The maximum absolute atomic E-state index is 14.1. The van der Waals surface area contributed by atoms with Gasteiger partial charge in [0.05, 0.1) is 13.2 Å². The predicted molar refractivity (Wildman–Crippen MR) is 45.0 cm³/mol. The van der Waals surface area contributed by atoms with Crippen LogP contribution in [0.25, 0.3) is 0 Å². The Morgan fingerprint density at radius 1 is 1.54 bits per heavy atom. The van der Waals surface area contributed by atoms with Gasteiger partial charge in [-0.15, -0.1) is 0 Å². The van der Waals surface area contributed by atoms with Gasteiger partial charge in [-0.3, -0.25) is 0 Å². The van der Waals surface area contributed by atoms with Gasteiger partial charge >= 0.3 is 5.97 Å². The van der Waals surface area contributed by atoms with E-state index < -0.39 is 11.6 Å². The summed E-state index contributed by atoms with van der Waals surface area (Å²) in [6.45, 7) is 0. The number of fused-ring (bicyclic) bond motifs is 2. The largest absolute Gasteiger partial charge is 0.467 e. The van der Waals surface area contributed by atoms with Crippen LogP contribution in [-0.2, 0) is 9.53 Å². The molecule has 0 aromatic heterocycles. The second-order valence-electron chi connectivity index (χ2n) is 3.89. The summed E-state index contributed by atoms with van der Waals surface area (Å²) in [5.41, 5.74) is -1.78. The number of nitrogens with one attached hydrogen (secondary N) is 1. The van der Waals surface area contributed by atoms with E-state index in [-0.39, 0.29) is 6.04 Å². The maximum atomic E-state index is 14.1. The molecule has 2 fully saturated rings. The summed E-state index contributed by atoms with van der Waals surface area (Å²) in [6.07, 6.45) is 2.77. The van der Waals surface area contributed by atoms with Crippen molar-refractivity contribution in [3.63, 3.8) is 0 Å². The molecule has 2 heterocycles. The molecule has 1 N–H and O–H groups in total. The van der Waals surface area contributed by atoms with Crippen molar-refractivity contribution in [2.45, 2.75) is 43.4 Å². The highest BCUT2D eigenvalue weighted by Crippen LogP contribution is 2.37. The van der Waals surface area contributed by atoms with Gasteiger partial charge in [-0.05, 0) is 25.7 Å². The molecule has 2 rings (SSSR count). The second-order valence-corrected chi connectivity index (χ2v) is 3.89. The Balaban J connectivity index is 2.17. The minimum Gasteiger partial charge on any atom is -0.467 e. The van der Waals surface area contributed by atoms with E-state index in [4.69, 9.17) is 0 Å². The zero-order valence-electron chi connectivity index (χ0n) is 7.68. The number of hydrogen-bond acceptors (Lipinski definition) is 3. The number of alkyl halides is 1. The standard InChI is InChI=1S/C9H14FNO2/c1-13-8(12)9(10)5-4-6-2-3-7(9)11-6/h6-7,11H,2-5H2,1H3. The van der Waals surface area contributed by atoms with Gasteiger partial charge in [-0.2, -0.15) is 0 Å². The molecule has 0 aromatic carbocycles. The summed E-state index contributed by atoms with van der Waals surface area (Å²) >= 11 is 0. The summed E-state index contributed by atoms with van der Waals surface area (Å²) in [5.74, 6) is -0.717. The first kappa shape index (κ1) is 8.94. The average Bonchev–Trinajstić information content (AvgIpc) is 2.56. The van der Waals surface area contributed by atoms with Crippen LogP contribution in [0.3, 0.4) is 0 Å². The van der Waals surface area contributed by atoms with Gasteiger partial charge in [0.2, 0.25) is 5.67 Å². The highest BCUT2D eigenvalue weighted by atomic mass is 19.1. The Kier molecular flexibility index (Phi) is 2.02. The van der Waals surface area contributed by atoms with Gasteiger partial charge in [0, 0.05) is 6.04 Å². The molecule has 13 heavy (non-hydrogen) atoms. The van der Waals surface area contributed by atoms with Gasteiger partial charge in [0.25, 0.3) is 0 Å². The molecule has 0 aliphatic carbocycles. The van der Waals surface area contributed by atoms with Crippen LogP contribution in [-0.4, -0.2) is 30.8 Å². The third-order valence-electron chi connectivity index (χ3n) is 3.17. The Bertz CT molecular complexity index is 234. The zero-order chi connectivity index (χ0) is 9.47. The molecule has 2 saturated heterocycles. The van der Waals surface area contributed by atoms with E-state index in [0.29, 0.717) is 12.5 Å². The average molecular weight is 187 g/mol. The Hall–Kier alpha value is -0.640. The third-order valence-corrected chi connectivity index (χ3v) is 3.17. The summed E-state index contributed by atoms with van der Waals surface area (Å²) in [6, 6.07) is 0.0947. The van der Waals surface area contributed by atoms with Gasteiger partial charge in [-0.25, -0.2) is 9.18 Å². The lowest BCUT2D eigenvalue weighted by molar-refractivity contribution is -0.158. The van der Waals surface area contributed by atoms with Crippen molar-refractivity contribution in [3.05, 3.63) is 0 Å². The molecule has 0 aromatic rings. The number of piperidine rings is 1. The number of rotatable bonds is 1. The van der Waals surface area contributed by atoms with Crippen LogP contribution in [0.2, 0.25) is 0 Å². The number of methoxy groups -OCH3 is 1. The number of halogens is 1. The molecule has 2 aliphatic rings. The van der Waals surface area contributed by atoms with E-state index in [1.165, 1.54) is 7.11 Å². The van der Waals surface area contributed by atoms with Crippen LogP contribution in [0.5, 0.6) is 0 Å². The molecule has 3 unspecified atom stereocenters. The van der Waals surface area contributed by atoms with Crippen molar-refractivity contribution < 1.29 is 13.9 Å². The van der Waals surface area contributed by atoms with Crippen LogP contribution < -0.4 is 5.32 Å². The summed E-state index contributed by atoms with van der Waals surface area (Å²) in [4.78, 5) is 11.2. The maximum Gasteiger partial charge on any atom is 0.345 e. The SMILES string of the molecule is COC(=O)C1(F)CCC2CCC1N2. The molecule has 0 radical (unpaired) electrons. The second kappa shape index (κ2) is 2.94. The van der Waals surface area contributed by atoms with Gasteiger partial charge in [-0.1, -0.05) is 0 Å². The van der Waals surface area contributed by atoms with Gasteiger partial charge < -0.3 is 10.1 Å². The topological polar surface area (TPSA) is 38.3 Å². The van der Waals surface area contributed by atoms with Crippen LogP contribution >= 0.6 is 0 Å². The number of hydrogen-bond donors (Lipinski definition) is 1. The van der Waals surface area contributed by atoms with E-state index in [0.717, 1.165) is 19.3 Å². The number of carbonyl (C=O) groups is 1. The highest BCUT2D eigenvalue weighted by Gasteiger charge is 2.53. The first-order valence-electron chi connectivity index (χ1n) is 4.70. The molecule has 3 nitrogen and oxygen atoms in total. The summed E-state index contributed by atoms with van der Waals surface area (Å²) < 4.78 is 18.6. The smallest absolute Gasteiger partial charge is 0.345 e. The molecule has 2 bridgehead atoms. The lowest BCUT2D eigenvalue weighted by Crippen LogP contribution is -2.55. The molecular weight excluding hydrogens is 173 g/mol. The quantitative estimate of drug-likeness (QED) is 0.616. The molecule has 0 amide bonds. The minimum atomic E-state index is -1.78. The van der Waals surface area contributed by atoms with Crippen molar-refractivity contribution in [1.82, 2.24) is 5.32 Å². The first-order valence-corrected chi connectivity index (χ1v) is 4.70. The van der Waals surface area contributed by atoms with Crippen molar-refractivity contribution in [2.75, 3.05) is 7.11 Å². The van der Waals surface area contributed by atoms with Crippen LogP contribution in [0.15, 0.2) is 0 Å². The Morgan fingerprint density at radius 3 is 3.00 bits per heavy atom. The van der Waals surface area contributed by atoms with E-state index in [9.17, 15) is 9.18 Å². The van der Waals surface area contributed by atoms with Crippen molar-refractivity contribution >= 4 is 5.97 Å². The molecular formula is C9H14FNO2. The lowest BCUT2D eigenvalue weighted by Gasteiger charge is -2.33. The minimum absolute atomic E-state index is 0.308. The summed E-state index contributed by atoms with van der Waals surface area (Å²) in [5, 5.41) is 3.12. The normalized spacial score (nSPS) is 43.2. The van der Waals surface area contributed by atoms with Crippen molar-refractivity contribution in [3.8, 4) is 0 Å². The fourth-order valence-corrected chi connectivity index (χ4v) is 2.38. The molecule has 74 valence electrons. The first-order chi connectivity index (χ1) is 6.16. The molecule has 0 saturated carbocycles. The molecule has 3 atom stereocenters. The van der Waals surface area contributed by atoms with Gasteiger partial charge in [0.15, 0.2) is 0 Å². The number of esters is 1. The fourth-order valence-electron chi connectivity index (χ4n) is 2.38. The van der Waals surface area contributed by atoms with Crippen molar-refractivity contribution in [2.24, 2.45) is 0 Å². The predicted octanol–water partition coefficient (Wildman–Crippen LogP) is 0.782. The van der Waals surface area contributed by atoms with E-state index in [1.807, 2.05) is 0 Å². The van der Waals surface area contributed by atoms with Crippen LogP contribution in [0.1, 0.15) is 25.7 Å². The molecule has 2 aliphatic heterocycles. The Labute approximate surface area is 76.6 Å². The highest BCUT2D eigenvalue weighted by molar-refractivity contribution is 5.80. The van der Waals surface area contributed by atoms with Crippen molar-refractivity contribution in [1.29, 1.82) is 0 Å². The molecule has 0 spiro atoms. The van der Waals surface area contributed by atoms with Crippen LogP contribution in [0, 0.1) is 0 Å².